The van der Waals surface area contributed by atoms with Gasteiger partial charge in [0.05, 0.1) is 6.04 Å². The highest BCUT2D eigenvalue weighted by atomic mass is 15.2. The third kappa shape index (κ3) is 2.87. The molecule has 96 valence electrons. The Kier molecular flexibility index (Phi) is 3.64. The van der Waals surface area contributed by atoms with Gasteiger partial charge in [-0.15, -0.1) is 0 Å². The fraction of sp³-hybridized carbons (Fsp3) is 0.222. The maximum absolute atomic E-state index is 2.51. The van der Waals surface area contributed by atoms with Gasteiger partial charge >= 0.3 is 0 Å². The van der Waals surface area contributed by atoms with Gasteiger partial charge in [-0.3, -0.25) is 0 Å². The largest absolute Gasteiger partial charge is 0.364 e. The lowest BCUT2D eigenvalue weighted by molar-refractivity contribution is 0.655. The van der Waals surface area contributed by atoms with Crippen LogP contribution in [0, 0.1) is 0 Å². The summed E-state index contributed by atoms with van der Waals surface area (Å²) in [7, 11) is 0. The van der Waals surface area contributed by atoms with Gasteiger partial charge in [-0.2, -0.15) is 0 Å². The predicted octanol–water partition coefficient (Wildman–Crippen LogP) is 4.06. The van der Waals surface area contributed by atoms with Crippen molar-refractivity contribution in [3.8, 4) is 0 Å². The van der Waals surface area contributed by atoms with E-state index in [9.17, 15) is 0 Å². The molecule has 0 fully saturated rings. The van der Waals surface area contributed by atoms with Crippen molar-refractivity contribution in [1.29, 1.82) is 0 Å². The summed E-state index contributed by atoms with van der Waals surface area (Å²) >= 11 is 0. The zero-order valence-electron chi connectivity index (χ0n) is 11.1. The Labute approximate surface area is 115 Å². The molecule has 0 saturated carbocycles. The van der Waals surface area contributed by atoms with Crippen LogP contribution in [0.1, 0.15) is 12.0 Å². The topological polar surface area (TPSA) is 3.24 Å². The molecule has 0 radical (unpaired) electrons. The molecule has 0 amide bonds. The molecule has 0 aliphatic carbocycles. The average Bonchev–Trinajstić information content (AvgIpc) is 2.50. The Balaban J connectivity index is 1.82. The number of para-hydroxylation sites is 1. The molecule has 1 unspecified atom stereocenters. The van der Waals surface area contributed by atoms with E-state index in [1.54, 1.807) is 0 Å². The molecule has 19 heavy (non-hydrogen) atoms. The first kappa shape index (κ1) is 12.0. The van der Waals surface area contributed by atoms with Crippen LogP contribution in [0.4, 0.5) is 5.69 Å². The zero-order valence-corrected chi connectivity index (χ0v) is 11.1. The Morgan fingerprint density at radius 2 is 1.58 bits per heavy atom. The lowest BCUT2D eigenvalue weighted by Crippen LogP contribution is -2.38. The third-order valence-electron chi connectivity index (χ3n) is 3.67. The number of hydrogen-bond donors (Lipinski definition) is 0. The van der Waals surface area contributed by atoms with Crippen molar-refractivity contribution in [3.63, 3.8) is 0 Å². The van der Waals surface area contributed by atoms with Gasteiger partial charge in [-0.1, -0.05) is 60.7 Å². The van der Waals surface area contributed by atoms with Crippen molar-refractivity contribution in [2.75, 3.05) is 11.4 Å². The minimum atomic E-state index is 0.471. The molecule has 2 aromatic rings. The summed E-state index contributed by atoms with van der Waals surface area (Å²) < 4.78 is 0. The smallest absolute Gasteiger partial charge is 0.0513 e. The molecule has 1 aliphatic rings. The van der Waals surface area contributed by atoms with Crippen LogP contribution in [-0.2, 0) is 6.42 Å². The second kappa shape index (κ2) is 5.75. The molecule has 0 aromatic heterocycles. The summed E-state index contributed by atoms with van der Waals surface area (Å²) in [4.78, 5) is 2.51. The van der Waals surface area contributed by atoms with Gasteiger partial charge in [0.15, 0.2) is 0 Å². The maximum Gasteiger partial charge on any atom is 0.0513 e. The number of rotatable bonds is 3. The van der Waals surface area contributed by atoms with Crippen LogP contribution in [0.15, 0.2) is 72.8 Å². The van der Waals surface area contributed by atoms with Gasteiger partial charge in [0.1, 0.15) is 0 Å². The van der Waals surface area contributed by atoms with Crippen LogP contribution in [0.2, 0.25) is 0 Å². The predicted molar refractivity (Wildman–Crippen MR) is 81.5 cm³/mol. The summed E-state index contributed by atoms with van der Waals surface area (Å²) in [6.07, 6.45) is 6.88. The van der Waals surface area contributed by atoms with Crippen LogP contribution < -0.4 is 4.90 Å². The van der Waals surface area contributed by atoms with Crippen molar-refractivity contribution >= 4 is 5.69 Å². The number of benzene rings is 2. The highest BCUT2D eigenvalue weighted by Gasteiger charge is 2.18. The molecule has 0 N–H and O–H groups in total. The lowest BCUT2D eigenvalue weighted by atomic mass is 10.0. The van der Waals surface area contributed by atoms with Gasteiger partial charge in [0, 0.05) is 12.2 Å². The third-order valence-corrected chi connectivity index (χ3v) is 3.67. The second-order valence-electron chi connectivity index (χ2n) is 5.00. The molecular weight excluding hydrogens is 230 g/mol. The normalized spacial score (nSPS) is 18.5. The summed E-state index contributed by atoms with van der Waals surface area (Å²) in [5, 5.41) is 0. The first-order valence-corrected chi connectivity index (χ1v) is 6.96. The van der Waals surface area contributed by atoms with Gasteiger partial charge in [-0.25, -0.2) is 0 Å². The Hall–Kier alpha value is -2.02. The highest BCUT2D eigenvalue weighted by molar-refractivity contribution is 5.49. The quantitative estimate of drug-likeness (QED) is 0.741. The van der Waals surface area contributed by atoms with E-state index >= 15 is 0 Å². The summed E-state index contributed by atoms with van der Waals surface area (Å²) in [6, 6.07) is 21.9. The maximum atomic E-state index is 2.51. The first-order chi connectivity index (χ1) is 9.43. The molecule has 1 aliphatic heterocycles. The van der Waals surface area contributed by atoms with E-state index in [1.165, 1.54) is 11.3 Å². The number of anilines is 1. The molecule has 2 aromatic carbocycles. The van der Waals surface area contributed by atoms with E-state index in [4.69, 9.17) is 0 Å². The highest BCUT2D eigenvalue weighted by Crippen LogP contribution is 2.23. The number of nitrogens with zero attached hydrogens (tertiary/aromatic N) is 1. The van der Waals surface area contributed by atoms with Crippen LogP contribution in [-0.4, -0.2) is 12.6 Å². The van der Waals surface area contributed by atoms with E-state index in [2.05, 4.69) is 77.7 Å². The van der Waals surface area contributed by atoms with Crippen molar-refractivity contribution in [3.05, 3.63) is 78.4 Å². The van der Waals surface area contributed by atoms with Crippen molar-refractivity contribution in [1.82, 2.24) is 0 Å². The zero-order chi connectivity index (χ0) is 12.9. The van der Waals surface area contributed by atoms with Crippen molar-refractivity contribution < 1.29 is 0 Å². The fourth-order valence-electron chi connectivity index (χ4n) is 2.71. The van der Waals surface area contributed by atoms with Crippen molar-refractivity contribution in [2.24, 2.45) is 0 Å². The van der Waals surface area contributed by atoms with Crippen LogP contribution in [0.3, 0.4) is 0 Å². The summed E-state index contributed by atoms with van der Waals surface area (Å²) in [5.41, 5.74) is 2.73. The van der Waals surface area contributed by atoms with Gasteiger partial charge in [-0.05, 0) is 30.5 Å². The SMILES string of the molecule is C1=CC(Cc2ccccc2)N(c2ccccc2)CC1. The minimum absolute atomic E-state index is 0.471. The Morgan fingerprint density at radius 1 is 0.895 bits per heavy atom. The Bertz CT molecular complexity index is 530. The van der Waals surface area contributed by atoms with E-state index in [-0.39, 0.29) is 0 Å². The van der Waals surface area contributed by atoms with E-state index in [0.717, 1.165) is 19.4 Å². The monoisotopic (exact) mass is 249 g/mol. The molecule has 0 spiro atoms. The van der Waals surface area contributed by atoms with Gasteiger partial charge in [0.2, 0.25) is 0 Å². The summed E-state index contributed by atoms with van der Waals surface area (Å²) in [5.74, 6) is 0. The average molecular weight is 249 g/mol. The molecule has 1 heteroatoms. The van der Waals surface area contributed by atoms with E-state index in [1.807, 2.05) is 0 Å². The minimum Gasteiger partial charge on any atom is -0.364 e. The molecule has 3 rings (SSSR count). The van der Waals surface area contributed by atoms with E-state index < -0.39 is 0 Å². The fourth-order valence-corrected chi connectivity index (χ4v) is 2.71. The van der Waals surface area contributed by atoms with Gasteiger partial charge in [0.25, 0.3) is 0 Å². The second-order valence-corrected chi connectivity index (χ2v) is 5.00. The number of hydrogen-bond acceptors (Lipinski definition) is 1. The molecule has 1 heterocycles. The first-order valence-electron chi connectivity index (χ1n) is 6.96. The Morgan fingerprint density at radius 3 is 2.32 bits per heavy atom. The molecule has 1 nitrogen and oxygen atoms in total. The molecule has 0 saturated heterocycles. The standard InChI is InChI=1S/C18H19N/c1-3-9-16(10-4-1)15-18-13-7-8-14-19(18)17-11-5-2-6-12-17/h1-7,9-13,18H,8,14-15H2. The molecule has 0 bridgehead atoms. The lowest BCUT2D eigenvalue weighted by Gasteiger charge is -2.34. The van der Waals surface area contributed by atoms with Crippen LogP contribution in [0.25, 0.3) is 0 Å². The van der Waals surface area contributed by atoms with Gasteiger partial charge < -0.3 is 4.90 Å². The van der Waals surface area contributed by atoms with Crippen LogP contribution >= 0.6 is 0 Å². The van der Waals surface area contributed by atoms with E-state index in [0.29, 0.717) is 6.04 Å². The summed E-state index contributed by atoms with van der Waals surface area (Å²) in [6.45, 7) is 1.11. The van der Waals surface area contributed by atoms with Crippen molar-refractivity contribution in [2.45, 2.75) is 18.9 Å². The van der Waals surface area contributed by atoms with Crippen LogP contribution in [0.5, 0.6) is 0 Å². The molecular formula is C18H19N. The molecule has 1 atom stereocenters.